The molecule has 0 atom stereocenters. The minimum Gasteiger partial charge on any atom is -0.380 e. The zero-order valence-electron chi connectivity index (χ0n) is 14.0. The van der Waals surface area contributed by atoms with E-state index in [9.17, 15) is 10.1 Å². The fraction of sp³-hybridized carbons (Fsp3) is 0.222. The first-order valence-corrected chi connectivity index (χ1v) is 8.02. The summed E-state index contributed by atoms with van der Waals surface area (Å²) in [6, 6.07) is 12.6. The molecule has 1 heterocycles. The molecule has 7 heteroatoms. The summed E-state index contributed by atoms with van der Waals surface area (Å²) in [6.07, 6.45) is 0.877. The van der Waals surface area contributed by atoms with Gasteiger partial charge in [0.2, 0.25) is 5.82 Å². The van der Waals surface area contributed by atoms with Crippen molar-refractivity contribution in [2.24, 2.45) is 0 Å². The molecule has 0 bridgehead atoms. The lowest BCUT2D eigenvalue weighted by Crippen LogP contribution is -2.03. The van der Waals surface area contributed by atoms with Gasteiger partial charge in [0, 0.05) is 23.7 Å². The summed E-state index contributed by atoms with van der Waals surface area (Å²) >= 11 is 0. The molecule has 128 valence electrons. The quantitative estimate of drug-likeness (QED) is 0.527. The number of nitrogens with zero attached hydrogens (tertiary/aromatic N) is 3. The molecular formula is C18H18N4O3. The second-order valence-electron chi connectivity index (χ2n) is 5.71. The molecule has 25 heavy (non-hydrogen) atoms. The Morgan fingerprint density at radius 3 is 2.76 bits per heavy atom. The first-order chi connectivity index (χ1) is 12.1. The average molecular weight is 338 g/mol. The van der Waals surface area contributed by atoms with Crippen LogP contribution in [0.5, 0.6) is 0 Å². The minimum atomic E-state index is -0.417. The van der Waals surface area contributed by atoms with E-state index >= 15 is 0 Å². The lowest BCUT2D eigenvalue weighted by Gasteiger charge is -2.06. The van der Waals surface area contributed by atoms with E-state index in [1.54, 1.807) is 12.1 Å². The second-order valence-corrected chi connectivity index (χ2v) is 5.71. The van der Waals surface area contributed by atoms with Crippen LogP contribution in [0.3, 0.4) is 0 Å². The van der Waals surface area contributed by atoms with E-state index in [-0.39, 0.29) is 11.6 Å². The molecule has 0 aliphatic carbocycles. The fourth-order valence-electron chi connectivity index (χ4n) is 2.47. The number of anilines is 1. The van der Waals surface area contributed by atoms with Crippen LogP contribution in [0.1, 0.15) is 18.9 Å². The van der Waals surface area contributed by atoms with Gasteiger partial charge in [-0.25, -0.2) is 0 Å². The van der Waals surface area contributed by atoms with Crippen LogP contribution in [-0.2, 0) is 0 Å². The molecule has 7 nitrogen and oxygen atoms in total. The molecule has 0 amide bonds. The fourth-order valence-corrected chi connectivity index (χ4v) is 2.47. The van der Waals surface area contributed by atoms with Gasteiger partial charge >= 0.3 is 0 Å². The Morgan fingerprint density at radius 1 is 1.20 bits per heavy atom. The maximum Gasteiger partial charge on any atom is 0.293 e. The highest BCUT2D eigenvalue weighted by molar-refractivity contribution is 5.70. The average Bonchev–Trinajstić information content (AvgIpc) is 3.10. The van der Waals surface area contributed by atoms with Crippen molar-refractivity contribution >= 4 is 11.4 Å². The van der Waals surface area contributed by atoms with E-state index in [2.05, 4.69) is 15.5 Å². The lowest BCUT2D eigenvalue weighted by molar-refractivity contribution is -0.383. The normalized spacial score (nSPS) is 10.6. The molecule has 0 spiro atoms. The number of nitro groups is 1. The molecule has 0 saturated carbocycles. The summed E-state index contributed by atoms with van der Waals surface area (Å²) in [5.74, 6) is 0.705. The van der Waals surface area contributed by atoms with Crippen molar-refractivity contribution < 1.29 is 9.45 Å². The van der Waals surface area contributed by atoms with Crippen molar-refractivity contribution in [2.45, 2.75) is 20.3 Å². The second kappa shape index (κ2) is 7.12. The number of hydrogen-bond donors (Lipinski definition) is 1. The SMILES string of the molecule is CCCNc1ccc(-c2nc(-c3cccc(C)c3)no2)cc1[N+](=O)[O-]. The summed E-state index contributed by atoms with van der Waals surface area (Å²) in [5, 5.41) is 18.4. The maximum absolute atomic E-state index is 11.3. The molecule has 0 aliphatic rings. The van der Waals surface area contributed by atoms with Crippen LogP contribution in [-0.4, -0.2) is 21.6 Å². The van der Waals surface area contributed by atoms with Gasteiger partial charge in [-0.3, -0.25) is 10.1 Å². The number of benzene rings is 2. The largest absolute Gasteiger partial charge is 0.380 e. The Kier molecular flexibility index (Phi) is 4.74. The van der Waals surface area contributed by atoms with Crippen LogP contribution in [0, 0.1) is 17.0 Å². The molecule has 1 N–H and O–H groups in total. The number of aryl methyl sites for hydroxylation is 1. The molecule has 2 aromatic carbocycles. The maximum atomic E-state index is 11.3. The number of nitrogens with one attached hydrogen (secondary N) is 1. The first kappa shape index (κ1) is 16.6. The molecule has 3 aromatic rings. The zero-order valence-corrected chi connectivity index (χ0v) is 14.0. The van der Waals surface area contributed by atoms with E-state index in [0.717, 1.165) is 17.5 Å². The van der Waals surface area contributed by atoms with E-state index in [0.29, 0.717) is 23.6 Å². The highest BCUT2D eigenvalue weighted by Crippen LogP contribution is 2.31. The van der Waals surface area contributed by atoms with E-state index < -0.39 is 4.92 Å². The van der Waals surface area contributed by atoms with Crippen molar-refractivity contribution in [2.75, 3.05) is 11.9 Å². The highest BCUT2D eigenvalue weighted by Gasteiger charge is 2.18. The van der Waals surface area contributed by atoms with Gasteiger partial charge < -0.3 is 9.84 Å². The third kappa shape index (κ3) is 3.65. The van der Waals surface area contributed by atoms with Gasteiger partial charge in [-0.15, -0.1) is 0 Å². The third-order valence-corrected chi connectivity index (χ3v) is 3.71. The minimum absolute atomic E-state index is 0.0127. The molecule has 0 aliphatic heterocycles. The van der Waals surface area contributed by atoms with Gasteiger partial charge in [0.1, 0.15) is 5.69 Å². The van der Waals surface area contributed by atoms with Crippen molar-refractivity contribution in [1.29, 1.82) is 0 Å². The predicted octanol–water partition coefficient (Wildman–Crippen LogP) is 4.44. The summed E-state index contributed by atoms with van der Waals surface area (Å²) in [7, 11) is 0. The van der Waals surface area contributed by atoms with Crippen molar-refractivity contribution in [3.63, 3.8) is 0 Å². The zero-order chi connectivity index (χ0) is 17.8. The van der Waals surface area contributed by atoms with Gasteiger partial charge in [0.25, 0.3) is 11.6 Å². The van der Waals surface area contributed by atoms with Crippen molar-refractivity contribution in [3.05, 3.63) is 58.1 Å². The van der Waals surface area contributed by atoms with Gasteiger partial charge in [-0.05, 0) is 31.5 Å². The van der Waals surface area contributed by atoms with Crippen LogP contribution >= 0.6 is 0 Å². The summed E-state index contributed by atoms with van der Waals surface area (Å²) in [5.41, 5.74) is 2.91. The number of hydrogen-bond acceptors (Lipinski definition) is 6. The summed E-state index contributed by atoms with van der Waals surface area (Å²) in [6.45, 7) is 4.65. The molecule has 0 fully saturated rings. The first-order valence-electron chi connectivity index (χ1n) is 8.02. The number of nitro benzene ring substituents is 1. The Labute approximate surface area is 144 Å². The topological polar surface area (TPSA) is 94.1 Å². The predicted molar refractivity (Wildman–Crippen MR) is 95.3 cm³/mol. The van der Waals surface area contributed by atoms with Gasteiger partial charge in [-0.2, -0.15) is 4.98 Å². The van der Waals surface area contributed by atoms with Crippen LogP contribution in [0.4, 0.5) is 11.4 Å². The lowest BCUT2D eigenvalue weighted by atomic mass is 10.1. The molecule has 0 unspecified atom stereocenters. The summed E-state index contributed by atoms with van der Waals surface area (Å²) < 4.78 is 5.30. The molecule has 1 aromatic heterocycles. The standard InChI is InChI=1S/C18H18N4O3/c1-3-9-19-15-8-7-14(11-16(15)22(23)24)18-20-17(21-25-18)13-6-4-5-12(2)10-13/h4-8,10-11,19H,3,9H2,1-2H3. The molecule has 3 rings (SSSR count). The van der Waals surface area contributed by atoms with Crippen LogP contribution in [0.15, 0.2) is 47.0 Å². The summed E-state index contributed by atoms with van der Waals surface area (Å²) in [4.78, 5) is 15.3. The van der Waals surface area contributed by atoms with Crippen LogP contribution in [0.2, 0.25) is 0 Å². The monoisotopic (exact) mass is 338 g/mol. The molecule has 0 saturated heterocycles. The Hall–Kier alpha value is -3.22. The Morgan fingerprint density at radius 2 is 2.04 bits per heavy atom. The van der Waals surface area contributed by atoms with Crippen LogP contribution in [0.25, 0.3) is 22.8 Å². The Balaban J connectivity index is 1.94. The van der Waals surface area contributed by atoms with Crippen LogP contribution < -0.4 is 5.32 Å². The van der Waals surface area contributed by atoms with Gasteiger partial charge in [0.15, 0.2) is 0 Å². The molecular weight excluding hydrogens is 320 g/mol. The van der Waals surface area contributed by atoms with Crippen molar-refractivity contribution in [1.82, 2.24) is 10.1 Å². The third-order valence-electron chi connectivity index (χ3n) is 3.71. The Bertz CT molecular complexity index is 905. The number of rotatable bonds is 6. The van der Waals surface area contributed by atoms with Gasteiger partial charge in [0.05, 0.1) is 4.92 Å². The highest BCUT2D eigenvalue weighted by atomic mass is 16.6. The van der Waals surface area contributed by atoms with E-state index in [4.69, 9.17) is 4.52 Å². The van der Waals surface area contributed by atoms with E-state index in [1.807, 2.05) is 38.1 Å². The molecule has 0 radical (unpaired) electrons. The smallest absolute Gasteiger partial charge is 0.293 e. The number of aromatic nitrogens is 2. The van der Waals surface area contributed by atoms with E-state index in [1.165, 1.54) is 6.07 Å². The van der Waals surface area contributed by atoms with Crippen molar-refractivity contribution in [3.8, 4) is 22.8 Å². The van der Waals surface area contributed by atoms with Gasteiger partial charge in [-0.1, -0.05) is 35.8 Å².